The number of aromatic nitrogens is 3. The van der Waals surface area contributed by atoms with Crippen LogP contribution in [-0.4, -0.2) is 27.2 Å². The molecule has 1 aromatic heterocycles. The standard InChI is InChI=1S/C10H14N4O/c1-2-3-4-6-12-10(15)5-7-14-9-11-8-13-14/h8-9H,4-7H2,1H3,(H,12,15). The fraction of sp³-hybridized carbons (Fsp3) is 0.500. The molecule has 1 heterocycles. The largest absolute Gasteiger partial charge is 0.355 e. The lowest BCUT2D eigenvalue weighted by Gasteiger charge is -2.02. The van der Waals surface area contributed by atoms with E-state index in [0.717, 1.165) is 0 Å². The maximum absolute atomic E-state index is 11.3. The number of nitrogens with one attached hydrogen (secondary N) is 1. The highest BCUT2D eigenvalue weighted by Crippen LogP contribution is 1.87. The molecule has 0 fully saturated rings. The van der Waals surface area contributed by atoms with Crippen LogP contribution in [0, 0.1) is 11.8 Å². The minimum atomic E-state index is 0.0170. The van der Waals surface area contributed by atoms with Crippen LogP contribution in [0.1, 0.15) is 19.8 Å². The maximum atomic E-state index is 11.3. The summed E-state index contributed by atoms with van der Waals surface area (Å²) in [7, 11) is 0. The van der Waals surface area contributed by atoms with Gasteiger partial charge < -0.3 is 5.32 Å². The number of aryl methyl sites for hydroxylation is 1. The Morgan fingerprint density at radius 1 is 1.60 bits per heavy atom. The molecule has 5 nitrogen and oxygen atoms in total. The summed E-state index contributed by atoms with van der Waals surface area (Å²) in [6.45, 7) is 2.95. The molecule has 0 atom stereocenters. The summed E-state index contributed by atoms with van der Waals surface area (Å²) in [4.78, 5) is 15.1. The van der Waals surface area contributed by atoms with Gasteiger partial charge in [-0.2, -0.15) is 5.10 Å². The minimum Gasteiger partial charge on any atom is -0.355 e. The zero-order valence-electron chi connectivity index (χ0n) is 8.73. The van der Waals surface area contributed by atoms with E-state index in [-0.39, 0.29) is 5.91 Å². The van der Waals surface area contributed by atoms with E-state index < -0.39 is 0 Å². The lowest BCUT2D eigenvalue weighted by atomic mass is 10.3. The van der Waals surface area contributed by atoms with E-state index in [1.807, 2.05) is 0 Å². The average Bonchev–Trinajstić information content (AvgIpc) is 2.74. The second kappa shape index (κ2) is 6.60. The van der Waals surface area contributed by atoms with Gasteiger partial charge in [0.1, 0.15) is 12.7 Å². The Kier molecular flexibility index (Phi) is 4.95. The third-order valence-corrected chi connectivity index (χ3v) is 1.78. The number of carbonyl (C=O) groups excluding carboxylic acids is 1. The van der Waals surface area contributed by atoms with Crippen LogP contribution >= 0.6 is 0 Å². The SMILES string of the molecule is CC#CCCNC(=O)CCn1cncn1. The van der Waals surface area contributed by atoms with Gasteiger partial charge >= 0.3 is 0 Å². The van der Waals surface area contributed by atoms with Crippen molar-refractivity contribution in [1.29, 1.82) is 0 Å². The third-order valence-electron chi connectivity index (χ3n) is 1.78. The lowest BCUT2D eigenvalue weighted by molar-refractivity contribution is -0.121. The molecule has 5 heteroatoms. The predicted molar refractivity (Wildman–Crippen MR) is 55.7 cm³/mol. The molecular weight excluding hydrogens is 192 g/mol. The fourth-order valence-corrected chi connectivity index (χ4v) is 1.04. The molecule has 0 spiro atoms. The molecule has 0 aromatic carbocycles. The number of hydrogen-bond acceptors (Lipinski definition) is 3. The Morgan fingerprint density at radius 2 is 2.47 bits per heavy atom. The van der Waals surface area contributed by atoms with Crippen molar-refractivity contribution in [3.05, 3.63) is 12.7 Å². The first kappa shape index (κ1) is 11.2. The molecule has 1 amide bonds. The van der Waals surface area contributed by atoms with Crippen molar-refractivity contribution in [2.24, 2.45) is 0 Å². The Labute approximate surface area is 88.9 Å². The highest BCUT2D eigenvalue weighted by atomic mass is 16.1. The van der Waals surface area contributed by atoms with Crippen LogP contribution in [0.3, 0.4) is 0 Å². The Balaban J connectivity index is 2.10. The first-order chi connectivity index (χ1) is 7.33. The highest BCUT2D eigenvalue weighted by Gasteiger charge is 2.00. The van der Waals surface area contributed by atoms with E-state index >= 15 is 0 Å². The Morgan fingerprint density at radius 3 is 3.13 bits per heavy atom. The number of nitrogens with zero attached hydrogens (tertiary/aromatic N) is 3. The zero-order chi connectivity index (χ0) is 10.9. The smallest absolute Gasteiger partial charge is 0.221 e. The summed E-state index contributed by atoms with van der Waals surface area (Å²) in [5, 5.41) is 6.68. The van der Waals surface area contributed by atoms with Crippen LogP contribution in [0.15, 0.2) is 12.7 Å². The quantitative estimate of drug-likeness (QED) is 0.553. The molecule has 0 radical (unpaired) electrons. The molecule has 1 rings (SSSR count). The minimum absolute atomic E-state index is 0.0170. The number of hydrogen-bond donors (Lipinski definition) is 1. The molecule has 80 valence electrons. The van der Waals surface area contributed by atoms with Crippen molar-refractivity contribution < 1.29 is 4.79 Å². The van der Waals surface area contributed by atoms with E-state index in [1.54, 1.807) is 17.9 Å². The number of amides is 1. The van der Waals surface area contributed by atoms with Crippen LogP contribution in [0.4, 0.5) is 0 Å². The molecule has 0 saturated heterocycles. The second-order valence-corrected chi connectivity index (χ2v) is 2.94. The summed E-state index contributed by atoms with van der Waals surface area (Å²) in [6, 6.07) is 0. The van der Waals surface area contributed by atoms with Crippen molar-refractivity contribution in [3.63, 3.8) is 0 Å². The zero-order valence-corrected chi connectivity index (χ0v) is 8.73. The van der Waals surface area contributed by atoms with Gasteiger partial charge in [0.25, 0.3) is 0 Å². The molecule has 0 saturated carbocycles. The third kappa shape index (κ3) is 4.81. The van der Waals surface area contributed by atoms with Gasteiger partial charge in [-0.1, -0.05) is 0 Å². The summed E-state index contributed by atoms with van der Waals surface area (Å²) in [6.07, 6.45) is 4.17. The second-order valence-electron chi connectivity index (χ2n) is 2.94. The first-order valence-electron chi connectivity index (χ1n) is 4.81. The van der Waals surface area contributed by atoms with Crippen molar-refractivity contribution in [3.8, 4) is 11.8 Å². The van der Waals surface area contributed by atoms with Gasteiger partial charge in [0.2, 0.25) is 5.91 Å². The normalized spacial score (nSPS) is 9.13. The van der Waals surface area contributed by atoms with Crippen LogP contribution in [0.25, 0.3) is 0 Å². The van der Waals surface area contributed by atoms with Crippen LogP contribution < -0.4 is 5.32 Å². The fourth-order valence-electron chi connectivity index (χ4n) is 1.04. The molecule has 0 unspecified atom stereocenters. The van der Waals surface area contributed by atoms with Crippen molar-refractivity contribution >= 4 is 5.91 Å². The monoisotopic (exact) mass is 206 g/mol. The predicted octanol–water partition coefficient (Wildman–Crippen LogP) is 0.198. The average molecular weight is 206 g/mol. The van der Waals surface area contributed by atoms with Crippen molar-refractivity contribution in [1.82, 2.24) is 20.1 Å². The number of carbonyl (C=O) groups is 1. The van der Waals surface area contributed by atoms with Gasteiger partial charge in [-0.15, -0.1) is 11.8 Å². The maximum Gasteiger partial charge on any atom is 0.221 e. The summed E-state index contributed by atoms with van der Waals surface area (Å²) in [5.74, 6) is 5.67. The summed E-state index contributed by atoms with van der Waals surface area (Å²) < 4.78 is 1.63. The van der Waals surface area contributed by atoms with E-state index in [9.17, 15) is 4.79 Å². The highest BCUT2D eigenvalue weighted by molar-refractivity contribution is 5.75. The molecule has 0 bridgehead atoms. The molecule has 1 N–H and O–H groups in total. The van der Waals surface area contributed by atoms with Gasteiger partial charge in [-0.05, 0) is 6.92 Å². The topological polar surface area (TPSA) is 59.8 Å². The van der Waals surface area contributed by atoms with Gasteiger partial charge in [0.05, 0.1) is 6.54 Å². The summed E-state index contributed by atoms with van der Waals surface area (Å²) in [5.41, 5.74) is 0. The lowest BCUT2D eigenvalue weighted by Crippen LogP contribution is -2.25. The van der Waals surface area contributed by atoms with Gasteiger partial charge in [0, 0.05) is 19.4 Å². The van der Waals surface area contributed by atoms with Crippen molar-refractivity contribution in [2.75, 3.05) is 6.54 Å². The summed E-state index contributed by atoms with van der Waals surface area (Å²) >= 11 is 0. The Hall–Kier alpha value is -1.83. The van der Waals surface area contributed by atoms with Crippen LogP contribution in [-0.2, 0) is 11.3 Å². The first-order valence-corrected chi connectivity index (χ1v) is 4.81. The van der Waals surface area contributed by atoms with Gasteiger partial charge in [0.15, 0.2) is 0 Å². The van der Waals surface area contributed by atoms with E-state index in [0.29, 0.717) is 25.9 Å². The van der Waals surface area contributed by atoms with Crippen LogP contribution in [0.2, 0.25) is 0 Å². The van der Waals surface area contributed by atoms with E-state index in [4.69, 9.17) is 0 Å². The van der Waals surface area contributed by atoms with E-state index in [1.165, 1.54) is 6.33 Å². The van der Waals surface area contributed by atoms with Crippen LogP contribution in [0.5, 0.6) is 0 Å². The Bertz CT molecular complexity index is 347. The molecule has 15 heavy (non-hydrogen) atoms. The van der Waals surface area contributed by atoms with Crippen molar-refractivity contribution in [2.45, 2.75) is 26.3 Å². The van der Waals surface area contributed by atoms with Gasteiger partial charge in [-0.25, -0.2) is 4.98 Å². The molecule has 0 aliphatic heterocycles. The van der Waals surface area contributed by atoms with E-state index in [2.05, 4.69) is 27.2 Å². The molecule has 0 aliphatic carbocycles. The molecule has 0 aliphatic rings. The number of rotatable bonds is 5. The molecule has 1 aromatic rings. The van der Waals surface area contributed by atoms with Gasteiger partial charge in [-0.3, -0.25) is 9.48 Å². The molecular formula is C10H14N4O.